The van der Waals surface area contributed by atoms with Gasteiger partial charge < -0.3 is 15.3 Å². The maximum absolute atomic E-state index is 12.9. The van der Waals surface area contributed by atoms with Crippen LogP contribution in [-0.2, 0) is 11.3 Å². The Balaban J connectivity index is 0.00000264. The third kappa shape index (κ3) is 6.13. The van der Waals surface area contributed by atoms with E-state index in [0.717, 1.165) is 24.9 Å². The van der Waals surface area contributed by atoms with E-state index in [0.29, 0.717) is 25.6 Å². The molecule has 23 heavy (non-hydrogen) atoms. The minimum atomic E-state index is -0.452. The van der Waals surface area contributed by atoms with Gasteiger partial charge in [-0.15, -0.1) is 12.4 Å². The van der Waals surface area contributed by atoms with Gasteiger partial charge in [0.2, 0.25) is 5.91 Å². The average molecular weight is 341 g/mol. The molecule has 0 bridgehead atoms. The van der Waals surface area contributed by atoms with Crippen LogP contribution < -0.4 is 5.32 Å². The molecule has 1 unspecified atom stereocenters. The Kier molecular flexibility index (Phi) is 8.59. The molecular weight excluding hydrogens is 312 g/mol. The fourth-order valence-electron chi connectivity index (χ4n) is 3.03. The van der Waals surface area contributed by atoms with Gasteiger partial charge in [-0.2, -0.15) is 0 Å². The topological polar surface area (TPSA) is 52.6 Å². The number of hydrogen-bond donors (Lipinski definition) is 2. The number of carbonyl (C=O) groups excluding carboxylic acids is 1. The minimum absolute atomic E-state index is 0. The molecule has 1 aromatic carbocycles. The van der Waals surface area contributed by atoms with Crippen molar-refractivity contribution < 1.29 is 9.90 Å². The average Bonchev–Trinajstić information content (AvgIpc) is 2.54. The molecule has 5 heteroatoms. The first-order valence-corrected chi connectivity index (χ1v) is 8.34. The Labute approximate surface area is 145 Å². The first-order valence-electron chi connectivity index (χ1n) is 8.34. The van der Waals surface area contributed by atoms with E-state index in [1.165, 1.54) is 0 Å². The summed E-state index contributed by atoms with van der Waals surface area (Å²) in [4.78, 5) is 14.7. The van der Waals surface area contributed by atoms with Crippen LogP contribution in [0.3, 0.4) is 0 Å². The number of rotatable bonds is 6. The standard InChI is InChI=1S/C18H28N2O2.ClH/c1-3-17(21)13-20(12-15-7-5-4-6-8-15)18(22)16-9-10-19-14(2)11-16;/h4-8,14,16-17,19,21H,3,9-13H2,1-2H3;1H/t14-,16-,17?;/m0./s1. The summed E-state index contributed by atoms with van der Waals surface area (Å²) < 4.78 is 0. The zero-order valence-electron chi connectivity index (χ0n) is 14.1. The number of benzene rings is 1. The van der Waals surface area contributed by atoms with E-state index in [9.17, 15) is 9.90 Å². The van der Waals surface area contributed by atoms with E-state index in [1.54, 1.807) is 0 Å². The lowest BCUT2D eigenvalue weighted by Crippen LogP contribution is -2.45. The number of aliphatic hydroxyl groups excluding tert-OH is 1. The molecule has 1 heterocycles. The molecule has 2 rings (SSSR count). The van der Waals surface area contributed by atoms with Crippen LogP contribution in [0.2, 0.25) is 0 Å². The van der Waals surface area contributed by atoms with Crippen LogP contribution in [0.1, 0.15) is 38.7 Å². The number of piperidine rings is 1. The number of nitrogens with one attached hydrogen (secondary N) is 1. The molecule has 130 valence electrons. The summed E-state index contributed by atoms with van der Waals surface area (Å²) in [5, 5.41) is 13.4. The summed E-state index contributed by atoms with van der Waals surface area (Å²) in [6, 6.07) is 10.4. The first-order chi connectivity index (χ1) is 10.6. The van der Waals surface area contributed by atoms with Gasteiger partial charge in [0.05, 0.1) is 6.10 Å². The molecule has 1 fully saturated rings. The highest BCUT2D eigenvalue weighted by Gasteiger charge is 2.29. The Morgan fingerprint density at radius 2 is 2.09 bits per heavy atom. The largest absolute Gasteiger partial charge is 0.391 e. The summed E-state index contributed by atoms with van der Waals surface area (Å²) in [5.74, 6) is 0.258. The number of aliphatic hydroxyl groups is 1. The highest BCUT2D eigenvalue weighted by atomic mass is 35.5. The van der Waals surface area contributed by atoms with Gasteiger partial charge in [-0.3, -0.25) is 4.79 Å². The number of amides is 1. The van der Waals surface area contributed by atoms with Crippen molar-refractivity contribution in [3.05, 3.63) is 35.9 Å². The van der Waals surface area contributed by atoms with E-state index >= 15 is 0 Å². The molecule has 1 aliphatic rings. The quantitative estimate of drug-likeness (QED) is 0.837. The predicted molar refractivity (Wildman–Crippen MR) is 95.6 cm³/mol. The van der Waals surface area contributed by atoms with Crippen molar-refractivity contribution in [2.45, 2.75) is 51.8 Å². The van der Waals surface area contributed by atoms with Crippen molar-refractivity contribution in [1.29, 1.82) is 0 Å². The zero-order chi connectivity index (χ0) is 15.9. The number of hydrogen-bond acceptors (Lipinski definition) is 3. The Morgan fingerprint density at radius 1 is 1.39 bits per heavy atom. The van der Waals surface area contributed by atoms with Gasteiger partial charge in [-0.05, 0) is 38.3 Å². The Morgan fingerprint density at radius 3 is 2.70 bits per heavy atom. The van der Waals surface area contributed by atoms with Crippen LogP contribution in [0.15, 0.2) is 30.3 Å². The molecule has 1 aliphatic heterocycles. The molecule has 2 N–H and O–H groups in total. The molecular formula is C18H29ClN2O2. The van der Waals surface area contributed by atoms with Crippen LogP contribution in [0.25, 0.3) is 0 Å². The molecule has 4 nitrogen and oxygen atoms in total. The van der Waals surface area contributed by atoms with Crippen molar-refractivity contribution in [1.82, 2.24) is 10.2 Å². The van der Waals surface area contributed by atoms with Crippen molar-refractivity contribution in [3.63, 3.8) is 0 Å². The fraction of sp³-hybridized carbons (Fsp3) is 0.611. The summed E-state index contributed by atoms with van der Waals surface area (Å²) in [5.41, 5.74) is 1.11. The number of halogens is 1. The number of carbonyl (C=O) groups is 1. The lowest BCUT2D eigenvalue weighted by molar-refractivity contribution is -0.138. The van der Waals surface area contributed by atoms with Crippen LogP contribution >= 0.6 is 12.4 Å². The third-order valence-electron chi connectivity index (χ3n) is 4.40. The third-order valence-corrected chi connectivity index (χ3v) is 4.40. The van der Waals surface area contributed by atoms with E-state index in [2.05, 4.69) is 12.2 Å². The van der Waals surface area contributed by atoms with Crippen molar-refractivity contribution in [2.75, 3.05) is 13.1 Å². The van der Waals surface area contributed by atoms with E-state index in [1.807, 2.05) is 42.2 Å². The normalized spacial score (nSPS) is 22.0. The molecule has 1 amide bonds. The highest BCUT2D eigenvalue weighted by molar-refractivity contribution is 5.85. The van der Waals surface area contributed by atoms with Gasteiger partial charge in [0.1, 0.15) is 0 Å². The highest BCUT2D eigenvalue weighted by Crippen LogP contribution is 2.20. The molecule has 0 saturated carbocycles. The Bertz CT molecular complexity index is 469. The van der Waals surface area contributed by atoms with Gasteiger partial charge >= 0.3 is 0 Å². The van der Waals surface area contributed by atoms with Crippen LogP contribution in [0.4, 0.5) is 0 Å². The van der Waals surface area contributed by atoms with Gasteiger partial charge in [0, 0.05) is 25.0 Å². The van der Waals surface area contributed by atoms with Gasteiger partial charge in [0.15, 0.2) is 0 Å². The summed E-state index contributed by atoms with van der Waals surface area (Å²) in [6.07, 6.45) is 1.98. The maximum Gasteiger partial charge on any atom is 0.226 e. The minimum Gasteiger partial charge on any atom is -0.391 e. The van der Waals surface area contributed by atoms with Crippen molar-refractivity contribution in [3.8, 4) is 0 Å². The molecule has 1 aromatic rings. The molecule has 0 aliphatic carbocycles. The van der Waals surface area contributed by atoms with E-state index in [4.69, 9.17) is 0 Å². The second-order valence-corrected chi connectivity index (χ2v) is 6.34. The van der Waals surface area contributed by atoms with Crippen molar-refractivity contribution in [2.24, 2.45) is 5.92 Å². The lowest BCUT2D eigenvalue weighted by Gasteiger charge is -2.33. The Hall–Kier alpha value is -1.10. The lowest BCUT2D eigenvalue weighted by atomic mass is 9.91. The molecule has 0 aromatic heterocycles. The first kappa shape index (κ1) is 19.9. The van der Waals surface area contributed by atoms with Crippen LogP contribution in [-0.4, -0.2) is 41.1 Å². The van der Waals surface area contributed by atoms with Crippen LogP contribution in [0, 0.1) is 5.92 Å². The van der Waals surface area contributed by atoms with Gasteiger partial charge in [0.25, 0.3) is 0 Å². The van der Waals surface area contributed by atoms with Gasteiger partial charge in [-0.1, -0.05) is 37.3 Å². The summed E-state index contributed by atoms with van der Waals surface area (Å²) in [7, 11) is 0. The van der Waals surface area contributed by atoms with E-state index < -0.39 is 6.10 Å². The molecule has 0 radical (unpaired) electrons. The van der Waals surface area contributed by atoms with Crippen LogP contribution in [0.5, 0.6) is 0 Å². The smallest absolute Gasteiger partial charge is 0.226 e. The summed E-state index contributed by atoms with van der Waals surface area (Å²) >= 11 is 0. The maximum atomic E-state index is 12.9. The number of nitrogens with zero attached hydrogens (tertiary/aromatic N) is 1. The van der Waals surface area contributed by atoms with Crippen molar-refractivity contribution >= 4 is 18.3 Å². The predicted octanol–water partition coefficient (Wildman–Crippen LogP) is 2.60. The monoisotopic (exact) mass is 340 g/mol. The van der Waals surface area contributed by atoms with E-state index in [-0.39, 0.29) is 24.2 Å². The fourth-order valence-corrected chi connectivity index (χ4v) is 3.03. The second-order valence-electron chi connectivity index (χ2n) is 6.34. The van der Waals surface area contributed by atoms with Gasteiger partial charge in [-0.25, -0.2) is 0 Å². The second kappa shape index (κ2) is 9.91. The molecule has 3 atom stereocenters. The SMILES string of the molecule is CCC(O)CN(Cc1ccccc1)C(=O)[C@H]1CCN[C@@H](C)C1.Cl. The zero-order valence-corrected chi connectivity index (χ0v) is 14.9. The molecule has 0 spiro atoms. The summed E-state index contributed by atoms with van der Waals surface area (Å²) in [6.45, 7) is 5.97. The molecule has 1 saturated heterocycles.